The molecule has 2 aromatic carbocycles. The number of halogens is 4. The van der Waals surface area contributed by atoms with Crippen LogP contribution in [0.15, 0.2) is 53.4 Å². The Bertz CT molecular complexity index is 640. The molecule has 0 saturated carbocycles. The van der Waals surface area contributed by atoms with Crippen molar-refractivity contribution in [1.29, 1.82) is 0 Å². The van der Waals surface area contributed by atoms with Crippen molar-refractivity contribution in [3.05, 3.63) is 59.9 Å². The standard InChI is InChI=1S/C14H9F4NOS/c15-12-4-2-1-3-11(12)13(20)19-9-5-7-10(8-6-9)21-14(16,17)18/h1-8H,(H,19,20). The number of carbonyl (C=O) groups excluding carboxylic acids is 1. The summed E-state index contributed by atoms with van der Waals surface area (Å²) in [6.45, 7) is 0. The molecule has 0 atom stereocenters. The zero-order chi connectivity index (χ0) is 15.5. The molecular weight excluding hydrogens is 306 g/mol. The fraction of sp³-hybridized carbons (Fsp3) is 0.0714. The van der Waals surface area contributed by atoms with Crippen LogP contribution in [0.1, 0.15) is 10.4 Å². The Morgan fingerprint density at radius 1 is 1.00 bits per heavy atom. The number of rotatable bonds is 3. The maximum atomic E-state index is 13.4. The molecule has 0 aliphatic rings. The van der Waals surface area contributed by atoms with E-state index >= 15 is 0 Å². The Kier molecular flexibility index (Phi) is 4.52. The Balaban J connectivity index is 2.07. The highest BCUT2D eigenvalue weighted by Crippen LogP contribution is 2.37. The largest absolute Gasteiger partial charge is 0.446 e. The van der Waals surface area contributed by atoms with Gasteiger partial charge in [-0.25, -0.2) is 4.39 Å². The monoisotopic (exact) mass is 315 g/mol. The van der Waals surface area contributed by atoms with Crippen molar-refractivity contribution in [2.45, 2.75) is 10.4 Å². The first-order valence-corrected chi connectivity index (χ1v) is 6.58. The van der Waals surface area contributed by atoms with Crippen LogP contribution < -0.4 is 5.32 Å². The first-order valence-electron chi connectivity index (χ1n) is 5.77. The van der Waals surface area contributed by atoms with Crippen LogP contribution in [0.25, 0.3) is 0 Å². The van der Waals surface area contributed by atoms with E-state index in [1.807, 2.05) is 0 Å². The highest BCUT2D eigenvalue weighted by atomic mass is 32.2. The summed E-state index contributed by atoms with van der Waals surface area (Å²) in [6, 6.07) is 10.6. The van der Waals surface area contributed by atoms with E-state index in [2.05, 4.69) is 5.32 Å². The van der Waals surface area contributed by atoms with E-state index in [1.165, 1.54) is 42.5 Å². The Hall–Kier alpha value is -2.02. The van der Waals surface area contributed by atoms with Gasteiger partial charge in [0.25, 0.3) is 5.91 Å². The second-order valence-electron chi connectivity index (χ2n) is 4.01. The average molecular weight is 315 g/mol. The van der Waals surface area contributed by atoms with Gasteiger partial charge in [-0.15, -0.1) is 0 Å². The van der Waals surface area contributed by atoms with Gasteiger partial charge >= 0.3 is 5.51 Å². The highest BCUT2D eigenvalue weighted by molar-refractivity contribution is 8.00. The molecule has 1 N–H and O–H groups in total. The van der Waals surface area contributed by atoms with Crippen molar-refractivity contribution in [1.82, 2.24) is 0 Å². The lowest BCUT2D eigenvalue weighted by atomic mass is 10.2. The van der Waals surface area contributed by atoms with Crippen LogP contribution in [0.3, 0.4) is 0 Å². The van der Waals surface area contributed by atoms with Crippen LogP contribution in [0, 0.1) is 5.82 Å². The SMILES string of the molecule is O=C(Nc1ccc(SC(F)(F)F)cc1)c1ccccc1F. The maximum Gasteiger partial charge on any atom is 0.446 e. The fourth-order valence-electron chi connectivity index (χ4n) is 1.58. The predicted molar refractivity (Wildman–Crippen MR) is 72.7 cm³/mol. The van der Waals surface area contributed by atoms with Gasteiger partial charge in [0.1, 0.15) is 5.82 Å². The summed E-state index contributed by atoms with van der Waals surface area (Å²) in [6.07, 6.45) is 0. The predicted octanol–water partition coefficient (Wildman–Crippen LogP) is 4.69. The molecule has 7 heteroatoms. The van der Waals surface area contributed by atoms with Gasteiger partial charge in [-0.1, -0.05) is 12.1 Å². The number of nitrogens with one attached hydrogen (secondary N) is 1. The van der Waals surface area contributed by atoms with Crippen LogP contribution in [0.5, 0.6) is 0 Å². The van der Waals surface area contributed by atoms with Crippen LogP contribution in [-0.2, 0) is 0 Å². The number of alkyl halides is 3. The van der Waals surface area contributed by atoms with E-state index in [0.29, 0.717) is 0 Å². The molecule has 2 nitrogen and oxygen atoms in total. The third-order valence-corrected chi connectivity index (χ3v) is 3.20. The van der Waals surface area contributed by atoms with Crippen molar-refractivity contribution >= 4 is 23.4 Å². The summed E-state index contributed by atoms with van der Waals surface area (Å²) in [5.74, 6) is -1.33. The Morgan fingerprint density at radius 2 is 1.62 bits per heavy atom. The summed E-state index contributed by atoms with van der Waals surface area (Å²) < 4.78 is 49.9. The van der Waals surface area contributed by atoms with Crippen LogP contribution in [-0.4, -0.2) is 11.4 Å². The summed E-state index contributed by atoms with van der Waals surface area (Å²) in [5.41, 5.74) is -4.21. The number of carbonyl (C=O) groups is 1. The summed E-state index contributed by atoms with van der Waals surface area (Å²) in [7, 11) is 0. The maximum absolute atomic E-state index is 13.4. The van der Waals surface area contributed by atoms with Crippen molar-refractivity contribution in [3.8, 4) is 0 Å². The molecule has 1 amide bonds. The molecular formula is C14H9F4NOS. The number of hydrogen-bond donors (Lipinski definition) is 1. The third-order valence-electron chi connectivity index (χ3n) is 2.46. The van der Waals surface area contributed by atoms with Crippen molar-refractivity contribution in [2.24, 2.45) is 0 Å². The van der Waals surface area contributed by atoms with E-state index in [4.69, 9.17) is 0 Å². The van der Waals surface area contributed by atoms with E-state index in [-0.39, 0.29) is 27.9 Å². The number of thioether (sulfide) groups is 1. The number of anilines is 1. The van der Waals surface area contributed by atoms with Gasteiger partial charge in [0.2, 0.25) is 0 Å². The van der Waals surface area contributed by atoms with Crippen LogP contribution in [0.4, 0.5) is 23.2 Å². The molecule has 0 bridgehead atoms. The van der Waals surface area contributed by atoms with Gasteiger partial charge in [-0.2, -0.15) is 13.2 Å². The van der Waals surface area contributed by atoms with Crippen LogP contribution >= 0.6 is 11.8 Å². The number of amides is 1. The second kappa shape index (κ2) is 6.17. The summed E-state index contributed by atoms with van der Waals surface area (Å²) in [5, 5.41) is 2.42. The fourth-order valence-corrected chi connectivity index (χ4v) is 2.12. The van der Waals surface area contributed by atoms with Crippen molar-refractivity contribution < 1.29 is 22.4 Å². The van der Waals surface area contributed by atoms with Crippen LogP contribution in [0.2, 0.25) is 0 Å². The topological polar surface area (TPSA) is 29.1 Å². The molecule has 2 aromatic rings. The molecule has 2 rings (SSSR count). The minimum atomic E-state index is -4.36. The first kappa shape index (κ1) is 15.4. The van der Waals surface area contributed by atoms with Gasteiger partial charge < -0.3 is 5.32 Å². The first-order chi connectivity index (χ1) is 9.85. The minimum absolute atomic E-state index is 0.00592. The van der Waals surface area contributed by atoms with Gasteiger partial charge in [0.15, 0.2) is 0 Å². The lowest BCUT2D eigenvalue weighted by Crippen LogP contribution is -2.13. The summed E-state index contributed by atoms with van der Waals surface area (Å²) in [4.78, 5) is 11.8. The molecule has 0 spiro atoms. The number of benzene rings is 2. The quantitative estimate of drug-likeness (QED) is 0.657. The average Bonchev–Trinajstić information content (AvgIpc) is 2.40. The van der Waals surface area contributed by atoms with E-state index in [0.717, 1.165) is 6.07 Å². The lowest BCUT2D eigenvalue weighted by Gasteiger charge is -2.08. The lowest BCUT2D eigenvalue weighted by molar-refractivity contribution is -0.0328. The molecule has 0 aromatic heterocycles. The Labute approximate surface area is 122 Å². The highest BCUT2D eigenvalue weighted by Gasteiger charge is 2.29. The molecule has 0 heterocycles. The van der Waals surface area contributed by atoms with Crippen molar-refractivity contribution in [2.75, 3.05) is 5.32 Å². The molecule has 0 saturated heterocycles. The Morgan fingerprint density at radius 3 is 2.19 bits per heavy atom. The van der Waals surface area contributed by atoms with Gasteiger partial charge in [-0.3, -0.25) is 4.79 Å². The second-order valence-corrected chi connectivity index (χ2v) is 5.14. The van der Waals surface area contributed by atoms with Gasteiger partial charge in [0.05, 0.1) is 5.56 Å². The zero-order valence-corrected chi connectivity index (χ0v) is 11.3. The molecule has 0 fully saturated rings. The molecule has 0 aliphatic carbocycles. The molecule has 21 heavy (non-hydrogen) atoms. The molecule has 0 unspecified atom stereocenters. The van der Waals surface area contributed by atoms with E-state index in [1.54, 1.807) is 0 Å². The smallest absolute Gasteiger partial charge is 0.322 e. The van der Waals surface area contributed by atoms with Gasteiger partial charge in [0, 0.05) is 10.6 Å². The normalized spacial score (nSPS) is 11.2. The zero-order valence-electron chi connectivity index (χ0n) is 10.4. The van der Waals surface area contributed by atoms with Gasteiger partial charge in [-0.05, 0) is 48.2 Å². The molecule has 0 aliphatic heterocycles. The van der Waals surface area contributed by atoms with E-state index in [9.17, 15) is 22.4 Å². The third kappa shape index (κ3) is 4.49. The molecule has 0 radical (unpaired) electrons. The minimum Gasteiger partial charge on any atom is -0.322 e. The van der Waals surface area contributed by atoms with E-state index < -0.39 is 17.2 Å². The van der Waals surface area contributed by atoms with Crippen molar-refractivity contribution in [3.63, 3.8) is 0 Å². The number of hydrogen-bond acceptors (Lipinski definition) is 2. The molecule has 110 valence electrons. The summed E-state index contributed by atoms with van der Waals surface area (Å²) >= 11 is -0.246.